The van der Waals surface area contributed by atoms with Crippen molar-refractivity contribution in [3.63, 3.8) is 0 Å². The van der Waals surface area contributed by atoms with Crippen LogP contribution in [0.3, 0.4) is 0 Å². The predicted molar refractivity (Wildman–Crippen MR) is 103 cm³/mol. The van der Waals surface area contributed by atoms with E-state index < -0.39 is 6.04 Å². The molecule has 0 heterocycles. The number of ether oxygens (including phenoxy) is 1. The summed E-state index contributed by atoms with van der Waals surface area (Å²) in [6, 6.07) is 14.7. The van der Waals surface area contributed by atoms with Gasteiger partial charge in [0.05, 0.1) is 6.61 Å². The monoisotopic (exact) mass is 360 g/mol. The van der Waals surface area contributed by atoms with Crippen molar-refractivity contribution >= 4 is 24.0 Å². The number of amides is 1. The van der Waals surface area contributed by atoms with Crippen LogP contribution in [0.2, 0.25) is 0 Å². The average Bonchev–Trinajstić information content (AvgIpc) is 3.39. The molecule has 0 aliphatic heterocycles. The maximum Gasteiger partial charge on any atom is 0.245 e. The van der Waals surface area contributed by atoms with Crippen LogP contribution in [-0.4, -0.2) is 12.5 Å². The fourth-order valence-corrected chi connectivity index (χ4v) is 2.51. The third-order valence-electron chi connectivity index (χ3n) is 4.23. The molecule has 1 amide bonds. The molecule has 1 unspecified atom stereocenters. The van der Waals surface area contributed by atoms with Crippen LogP contribution in [0.5, 0.6) is 0 Å². The molecule has 1 saturated carbocycles. The van der Waals surface area contributed by atoms with E-state index >= 15 is 0 Å². The van der Waals surface area contributed by atoms with Crippen molar-refractivity contribution in [2.45, 2.75) is 32.4 Å². The van der Waals surface area contributed by atoms with E-state index in [4.69, 9.17) is 10.5 Å². The Morgan fingerprint density at radius 1 is 1.24 bits per heavy atom. The molecule has 1 aliphatic rings. The molecule has 0 bridgehead atoms. The summed E-state index contributed by atoms with van der Waals surface area (Å²) < 4.78 is 5.69. The highest BCUT2D eigenvalue weighted by atomic mass is 35.5. The van der Waals surface area contributed by atoms with E-state index in [1.165, 1.54) is 12.8 Å². The van der Waals surface area contributed by atoms with Crippen LogP contribution >= 0.6 is 12.4 Å². The molecule has 1 fully saturated rings. The number of benzene rings is 2. The topological polar surface area (TPSA) is 64.4 Å². The molecule has 2 aromatic carbocycles. The van der Waals surface area contributed by atoms with Gasteiger partial charge in [-0.1, -0.05) is 42.0 Å². The Hall–Kier alpha value is -1.88. The minimum absolute atomic E-state index is 0. The summed E-state index contributed by atoms with van der Waals surface area (Å²) in [7, 11) is 0. The van der Waals surface area contributed by atoms with Gasteiger partial charge >= 0.3 is 0 Å². The lowest BCUT2D eigenvalue weighted by Gasteiger charge is -2.13. The third-order valence-corrected chi connectivity index (χ3v) is 4.23. The first kappa shape index (κ1) is 19.4. The first-order valence-electron chi connectivity index (χ1n) is 8.41. The second kappa shape index (κ2) is 8.99. The van der Waals surface area contributed by atoms with Crippen LogP contribution in [0, 0.1) is 12.8 Å². The van der Waals surface area contributed by atoms with Crippen LogP contribution in [0.15, 0.2) is 48.5 Å². The van der Waals surface area contributed by atoms with Gasteiger partial charge in [0.1, 0.15) is 6.04 Å². The smallest absolute Gasteiger partial charge is 0.245 e. The van der Waals surface area contributed by atoms with Crippen molar-refractivity contribution in [3.8, 4) is 0 Å². The lowest BCUT2D eigenvalue weighted by Crippen LogP contribution is -2.27. The first-order chi connectivity index (χ1) is 11.6. The maximum atomic E-state index is 12.4. The van der Waals surface area contributed by atoms with Gasteiger partial charge < -0.3 is 15.8 Å². The van der Waals surface area contributed by atoms with Crippen LogP contribution in [-0.2, 0) is 16.1 Å². The number of nitrogens with one attached hydrogen (secondary N) is 1. The molecule has 5 heteroatoms. The zero-order chi connectivity index (χ0) is 16.9. The van der Waals surface area contributed by atoms with Gasteiger partial charge in [-0.3, -0.25) is 4.79 Å². The summed E-state index contributed by atoms with van der Waals surface area (Å²) >= 11 is 0. The van der Waals surface area contributed by atoms with E-state index in [1.807, 2.05) is 55.5 Å². The third kappa shape index (κ3) is 5.85. The number of anilines is 1. The van der Waals surface area contributed by atoms with Crippen molar-refractivity contribution < 1.29 is 9.53 Å². The Morgan fingerprint density at radius 2 is 1.96 bits per heavy atom. The number of carbonyl (C=O) groups excluding carboxylic acids is 1. The van der Waals surface area contributed by atoms with Crippen molar-refractivity contribution in [3.05, 3.63) is 65.2 Å². The number of halogens is 1. The fraction of sp³-hybridized carbons (Fsp3) is 0.350. The van der Waals surface area contributed by atoms with Gasteiger partial charge in [0.25, 0.3) is 0 Å². The molecule has 4 nitrogen and oxygen atoms in total. The van der Waals surface area contributed by atoms with Gasteiger partial charge in [-0.15, -0.1) is 12.4 Å². The summed E-state index contributed by atoms with van der Waals surface area (Å²) in [5, 5.41) is 2.89. The predicted octanol–water partition coefficient (Wildman–Crippen LogP) is 3.98. The Balaban J connectivity index is 0.00000225. The summed E-state index contributed by atoms with van der Waals surface area (Å²) in [6.07, 6.45) is 2.57. The van der Waals surface area contributed by atoms with Crippen molar-refractivity contribution in [2.75, 3.05) is 11.9 Å². The molecule has 0 radical (unpaired) electrons. The van der Waals surface area contributed by atoms with Gasteiger partial charge in [-0.25, -0.2) is 0 Å². The number of hydrogen-bond acceptors (Lipinski definition) is 3. The second-order valence-electron chi connectivity index (χ2n) is 6.54. The highest BCUT2D eigenvalue weighted by molar-refractivity contribution is 5.95. The molecular formula is C20H25ClN2O2. The van der Waals surface area contributed by atoms with Gasteiger partial charge in [0.15, 0.2) is 0 Å². The Bertz CT molecular complexity index is 699. The van der Waals surface area contributed by atoms with Gasteiger partial charge in [0.2, 0.25) is 5.91 Å². The highest BCUT2D eigenvalue weighted by Gasteiger charge is 2.21. The van der Waals surface area contributed by atoms with Crippen LogP contribution in [0.1, 0.15) is 35.6 Å². The van der Waals surface area contributed by atoms with Crippen LogP contribution in [0.4, 0.5) is 5.69 Å². The minimum atomic E-state index is -0.680. The van der Waals surface area contributed by atoms with E-state index in [1.54, 1.807) is 0 Å². The minimum Gasteiger partial charge on any atom is -0.376 e. The summed E-state index contributed by atoms with van der Waals surface area (Å²) in [5.41, 5.74) is 9.81. The SMILES string of the molecule is Cc1ccc(C(N)C(=O)Nc2cccc(COCC3CC3)c2)cc1.Cl. The van der Waals surface area contributed by atoms with Crippen LogP contribution in [0.25, 0.3) is 0 Å². The van der Waals surface area contributed by atoms with E-state index in [0.29, 0.717) is 6.61 Å². The van der Waals surface area contributed by atoms with Crippen molar-refractivity contribution in [2.24, 2.45) is 11.7 Å². The summed E-state index contributed by atoms with van der Waals surface area (Å²) in [6.45, 7) is 3.41. The Morgan fingerprint density at radius 3 is 2.64 bits per heavy atom. The number of hydrogen-bond donors (Lipinski definition) is 2. The van der Waals surface area contributed by atoms with Crippen molar-refractivity contribution in [1.82, 2.24) is 0 Å². The second-order valence-corrected chi connectivity index (χ2v) is 6.54. The Kier molecular flexibility index (Phi) is 7.00. The van der Waals surface area contributed by atoms with Crippen molar-refractivity contribution in [1.29, 1.82) is 0 Å². The van der Waals surface area contributed by atoms with E-state index in [9.17, 15) is 4.79 Å². The number of aryl methyl sites for hydroxylation is 1. The lowest BCUT2D eigenvalue weighted by molar-refractivity contribution is -0.117. The average molecular weight is 361 g/mol. The number of nitrogens with two attached hydrogens (primary N) is 1. The highest BCUT2D eigenvalue weighted by Crippen LogP contribution is 2.29. The molecule has 25 heavy (non-hydrogen) atoms. The molecule has 0 spiro atoms. The normalized spacial score (nSPS) is 14.5. The van der Waals surface area contributed by atoms with Gasteiger partial charge in [0, 0.05) is 12.3 Å². The zero-order valence-electron chi connectivity index (χ0n) is 14.4. The molecule has 0 saturated heterocycles. The maximum absolute atomic E-state index is 12.4. The standard InChI is InChI=1S/C20H24N2O2.ClH/c1-14-5-9-17(10-6-14)19(21)20(23)22-18-4-2-3-16(11-18)13-24-12-15-7-8-15;/h2-6,9-11,15,19H,7-8,12-13,21H2,1H3,(H,22,23);1H. The van der Waals surface area contributed by atoms with Gasteiger partial charge in [-0.2, -0.15) is 0 Å². The molecule has 134 valence electrons. The molecular weight excluding hydrogens is 336 g/mol. The largest absolute Gasteiger partial charge is 0.376 e. The summed E-state index contributed by atoms with van der Waals surface area (Å²) in [4.78, 5) is 12.4. The molecule has 2 aromatic rings. The number of rotatable bonds is 7. The van der Waals surface area contributed by atoms with E-state index in [-0.39, 0.29) is 18.3 Å². The molecule has 1 aliphatic carbocycles. The first-order valence-corrected chi connectivity index (χ1v) is 8.41. The van der Waals surface area contributed by atoms with Gasteiger partial charge in [-0.05, 0) is 48.9 Å². The molecule has 0 aromatic heterocycles. The molecule has 1 atom stereocenters. The van der Waals surface area contributed by atoms with E-state index in [2.05, 4.69) is 5.32 Å². The zero-order valence-corrected chi connectivity index (χ0v) is 15.2. The van der Waals surface area contributed by atoms with E-state index in [0.717, 1.165) is 34.9 Å². The Labute approximate surface area is 155 Å². The molecule has 3 rings (SSSR count). The quantitative estimate of drug-likeness (QED) is 0.784. The molecule has 3 N–H and O–H groups in total. The fourth-order valence-electron chi connectivity index (χ4n) is 2.51. The number of carbonyl (C=O) groups is 1. The summed E-state index contributed by atoms with van der Waals surface area (Å²) in [5.74, 6) is 0.537. The van der Waals surface area contributed by atoms with Crippen LogP contribution < -0.4 is 11.1 Å². The lowest BCUT2D eigenvalue weighted by atomic mass is 10.1.